The third kappa shape index (κ3) is 2.13. The molecule has 18 heavy (non-hydrogen) atoms. The summed E-state index contributed by atoms with van der Waals surface area (Å²) in [6.45, 7) is 0. The summed E-state index contributed by atoms with van der Waals surface area (Å²) in [6, 6.07) is 10.1. The first-order valence-electron chi connectivity index (χ1n) is 6.26. The van der Waals surface area contributed by atoms with E-state index in [1.165, 1.54) is 24.8 Å². The van der Waals surface area contributed by atoms with Gasteiger partial charge in [0.15, 0.2) is 4.67 Å². The predicted octanol–water partition coefficient (Wildman–Crippen LogP) is 4.39. The zero-order chi connectivity index (χ0) is 12.5. The van der Waals surface area contributed by atoms with Crippen molar-refractivity contribution in [2.24, 2.45) is 0 Å². The number of rotatable bonds is 3. The molecule has 1 aliphatic rings. The standard InChI is InChI=1S/C15H15BrO2/c16-15-13(7-8-18-15)14(17)12-6-2-5-11(9-12)10-3-1-4-10/h2,5-10,14,17H,1,3-4H2. The fourth-order valence-corrected chi connectivity index (χ4v) is 2.86. The fraction of sp³-hybridized carbons (Fsp3) is 0.333. The van der Waals surface area contributed by atoms with Crippen LogP contribution in [0.25, 0.3) is 0 Å². The van der Waals surface area contributed by atoms with E-state index in [-0.39, 0.29) is 0 Å². The Morgan fingerprint density at radius 3 is 2.72 bits per heavy atom. The average molecular weight is 307 g/mol. The Bertz CT molecular complexity index is 543. The van der Waals surface area contributed by atoms with E-state index >= 15 is 0 Å². The lowest BCUT2D eigenvalue weighted by molar-refractivity contribution is 0.217. The van der Waals surface area contributed by atoms with Gasteiger partial charge < -0.3 is 9.52 Å². The van der Waals surface area contributed by atoms with E-state index in [0.717, 1.165) is 11.1 Å². The summed E-state index contributed by atoms with van der Waals surface area (Å²) in [7, 11) is 0. The van der Waals surface area contributed by atoms with E-state index < -0.39 is 6.10 Å². The highest BCUT2D eigenvalue weighted by Crippen LogP contribution is 2.38. The zero-order valence-corrected chi connectivity index (χ0v) is 11.6. The number of halogens is 1. The Labute approximate surface area is 115 Å². The quantitative estimate of drug-likeness (QED) is 0.912. The van der Waals surface area contributed by atoms with E-state index in [4.69, 9.17) is 4.42 Å². The van der Waals surface area contributed by atoms with Gasteiger partial charge in [0.2, 0.25) is 0 Å². The summed E-state index contributed by atoms with van der Waals surface area (Å²) in [5.74, 6) is 0.685. The molecule has 0 amide bonds. The zero-order valence-electron chi connectivity index (χ0n) is 9.97. The van der Waals surface area contributed by atoms with Crippen molar-refractivity contribution in [2.75, 3.05) is 0 Å². The molecule has 1 aromatic carbocycles. The first kappa shape index (κ1) is 12.0. The van der Waals surface area contributed by atoms with Crippen LogP contribution in [0.15, 0.2) is 45.7 Å². The number of aliphatic hydroxyl groups excluding tert-OH is 1. The number of benzene rings is 1. The molecule has 3 heteroatoms. The summed E-state index contributed by atoms with van der Waals surface area (Å²) in [5.41, 5.74) is 3.06. The minimum absolute atomic E-state index is 0.601. The fourth-order valence-electron chi connectivity index (χ4n) is 2.40. The molecule has 0 radical (unpaired) electrons. The van der Waals surface area contributed by atoms with Gasteiger partial charge in [-0.2, -0.15) is 0 Å². The highest BCUT2D eigenvalue weighted by molar-refractivity contribution is 9.10. The highest BCUT2D eigenvalue weighted by Gasteiger charge is 2.21. The minimum Gasteiger partial charge on any atom is -0.457 e. The van der Waals surface area contributed by atoms with E-state index in [0.29, 0.717) is 10.6 Å². The summed E-state index contributed by atoms with van der Waals surface area (Å²) in [6.07, 6.45) is 4.82. The molecule has 1 atom stereocenters. The second-order valence-electron chi connectivity index (χ2n) is 4.85. The van der Waals surface area contributed by atoms with Crippen LogP contribution in [0.5, 0.6) is 0 Å². The van der Waals surface area contributed by atoms with Gasteiger partial charge >= 0.3 is 0 Å². The van der Waals surface area contributed by atoms with Crippen LogP contribution in [0, 0.1) is 0 Å². The van der Waals surface area contributed by atoms with Crippen LogP contribution < -0.4 is 0 Å². The third-order valence-corrected chi connectivity index (χ3v) is 4.39. The lowest BCUT2D eigenvalue weighted by Crippen LogP contribution is -2.09. The number of aliphatic hydroxyl groups is 1. The highest BCUT2D eigenvalue weighted by atomic mass is 79.9. The average Bonchev–Trinajstić information content (AvgIpc) is 2.73. The minimum atomic E-state index is -0.627. The number of furan rings is 1. The number of hydrogen-bond acceptors (Lipinski definition) is 2. The summed E-state index contributed by atoms with van der Waals surface area (Å²) >= 11 is 3.31. The molecular formula is C15H15BrO2. The van der Waals surface area contributed by atoms with Gasteiger partial charge in [-0.1, -0.05) is 30.7 Å². The maximum Gasteiger partial charge on any atom is 0.175 e. The Hall–Kier alpha value is -1.06. The maximum absolute atomic E-state index is 10.4. The smallest absolute Gasteiger partial charge is 0.175 e. The Balaban J connectivity index is 1.89. The molecule has 0 bridgehead atoms. The van der Waals surface area contributed by atoms with Crippen molar-refractivity contribution in [1.82, 2.24) is 0 Å². The van der Waals surface area contributed by atoms with Crippen LogP contribution in [0.1, 0.15) is 48.0 Å². The van der Waals surface area contributed by atoms with Crippen molar-refractivity contribution < 1.29 is 9.52 Å². The molecule has 3 rings (SSSR count). The Kier molecular flexibility index (Phi) is 3.27. The molecule has 94 valence electrons. The van der Waals surface area contributed by atoms with Crippen molar-refractivity contribution >= 4 is 15.9 Å². The molecule has 2 nitrogen and oxygen atoms in total. The molecule has 1 fully saturated rings. The summed E-state index contributed by atoms with van der Waals surface area (Å²) in [4.78, 5) is 0. The molecule has 1 N–H and O–H groups in total. The van der Waals surface area contributed by atoms with Gasteiger partial charge in [0.1, 0.15) is 6.10 Å². The van der Waals surface area contributed by atoms with Crippen LogP contribution in [0.2, 0.25) is 0 Å². The second-order valence-corrected chi connectivity index (χ2v) is 5.57. The van der Waals surface area contributed by atoms with E-state index in [1.807, 2.05) is 12.1 Å². The summed E-state index contributed by atoms with van der Waals surface area (Å²) in [5, 5.41) is 10.4. The second kappa shape index (κ2) is 4.90. The van der Waals surface area contributed by atoms with Gasteiger partial charge in [-0.15, -0.1) is 0 Å². The molecule has 0 aliphatic heterocycles. The van der Waals surface area contributed by atoms with E-state index in [2.05, 4.69) is 28.1 Å². The van der Waals surface area contributed by atoms with Gasteiger partial charge in [-0.05, 0) is 51.9 Å². The molecule has 2 aromatic rings. The van der Waals surface area contributed by atoms with Gasteiger partial charge in [0, 0.05) is 5.56 Å². The van der Waals surface area contributed by atoms with Crippen LogP contribution in [0.4, 0.5) is 0 Å². The SMILES string of the molecule is OC(c1cccc(C2CCC2)c1)c1ccoc1Br. The van der Waals surface area contributed by atoms with E-state index in [1.54, 1.807) is 12.3 Å². The molecule has 0 saturated heterocycles. The monoisotopic (exact) mass is 306 g/mol. The normalized spacial score (nSPS) is 17.4. The molecule has 0 spiro atoms. The van der Waals surface area contributed by atoms with Crippen molar-refractivity contribution in [3.8, 4) is 0 Å². The lowest BCUT2D eigenvalue weighted by Gasteiger charge is -2.26. The first-order valence-corrected chi connectivity index (χ1v) is 7.06. The van der Waals surface area contributed by atoms with Crippen molar-refractivity contribution in [3.63, 3.8) is 0 Å². The van der Waals surface area contributed by atoms with Crippen LogP contribution >= 0.6 is 15.9 Å². The molecule has 1 unspecified atom stereocenters. The largest absolute Gasteiger partial charge is 0.457 e. The van der Waals surface area contributed by atoms with Gasteiger partial charge in [0.25, 0.3) is 0 Å². The topological polar surface area (TPSA) is 33.4 Å². The maximum atomic E-state index is 10.4. The molecule has 1 aromatic heterocycles. The van der Waals surface area contributed by atoms with Crippen molar-refractivity contribution in [3.05, 3.63) is 58.0 Å². The van der Waals surface area contributed by atoms with Crippen molar-refractivity contribution in [1.29, 1.82) is 0 Å². The van der Waals surface area contributed by atoms with Gasteiger partial charge in [-0.25, -0.2) is 0 Å². The molecule has 1 heterocycles. The van der Waals surface area contributed by atoms with Crippen LogP contribution in [0.3, 0.4) is 0 Å². The summed E-state index contributed by atoms with van der Waals surface area (Å²) < 4.78 is 5.77. The van der Waals surface area contributed by atoms with Crippen LogP contribution in [-0.2, 0) is 0 Å². The number of hydrogen-bond donors (Lipinski definition) is 1. The van der Waals surface area contributed by atoms with Gasteiger partial charge in [-0.3, -0.25) is 0 Å². The molecular weight excluding hydrogens is 292 g/mol. The Morgan fingerprint density at radius 1 is 1.28 bits per heavy atom. The van der Waals surface area contributed by atoms with Gasteiger partial charge in [0.05, 0.1) is 6.26 Å². The molecule has 1 saturated carbocycles. The van der Waals surface area contributed by atoms with E-state index in [9.17, 15) is 5.11 Å². The molecule has 1 aliphatic carbocycles. The van der Waals surface area contributed by atoms with Crippen LogP contribution in [-0.4, -0.2) is 5.11 Å². The Morgan fingerprint density at radius 2 is 2.11 bits per heavy atom. The predicted molar refractivity (Wildman–Crippen MR) is 73.5 cm³/mol. The lowest BCUT2D eigenvalue weighted by atomic mass is 9.79. The first-order chi connectivity index (χ1) is 8.75. The third-order valence-electron chi connectivity index (χ3n) is 3.74. The van der Waals surface area contributed by atoms with Crippen molar-refractivity contribution in [2.45, 2.75) is 31.3 Å².